The lowest BCUT2D eigenvalue weighted by atomic mass is 10.1. The van der Waals surface area contributed by atoms with Crippen molar-refractivity contribution >= 4 is 0 Å². The van der Waals surface area contributed by atoms with Gasteiger partial charge >= 0.3 is 0 Å². The molecule has 1 aliphatic rings. The summed E-state index contributed by atoms with van der Waals surface area (Å²) in [5.41, 5.74) is 0.763. The van der Waals surface area contributed by atoms with E-state index in [4.69, 9.17) is 5.11 Å². The molecule has 1 saturated heterocycles. The van der Waals surface area contributed by atoms with E-state index < -0.39 is 11.6 Å². The highest BCUT2D eigenvalue weighted by Crippen LogP contribution is 2.15. The standard InChI is InChI=1S/C13H18F2N2O/c14-12-2-1-10(7-13(12)15)9-17-5-4-16-8-11(17)3-6-18/h1-2,7,11,16,18H,3-6,8-9H2/t11-/m0/s1. The third-order valence-electron chi connectivity index (χ3n) is 3.30. The lowest BCUT2D eigenvalue weighted by molar-refractivity contribution is 0.123. The van der Waals surface area contributed by atoms with E-state index in [2.05, 4.69) is 10.2 Å². The van der Waals surface area contributed by atoms with Gasteiger partial charge in [-0.05, 0) is 24.1 Å². The van der Waals surface area contributed by atoms with Crippen LogP contribution in [-0.2, 0) is 6.54 Å². The van der Waals surface area contributed by atoms with E-state index in [9.17, 15) is 8.78 Å². The average Bonchev–Trinajstić information content (AvgIpc) is 2.37. The number of halogens is 2. The largest absolute Gasteiger partial charge is 0.396 e. The van der Waals surface area contributed by atoms with Crippen LogP contribution in [0.25, 0.3) is 0 Å². The number of nitrogens with zero attached hydrogens (tertiary/aromatic N) is 1. The second-order valence-corrected chi connectivity index (χ2v) is 4.59. The number of aliphatic hydroxyl groups is 1. The summed E-state index contributed by atoms with van der Waals surface area (Å²) in [6.07, 6.45) is 0.691. The first-order chi connectivity index (χ1) is 8.70. The van der Waals surface area contributed by atoms with Crippen molar-refractivity contribution in [1.82, 2.24) is 10.2 Å². The lowest BCUT2D eigenvalue weighted by Gasteiger charge is -2.36. The molecule has 2 N–H and O–H groups in total. The Kier molecular flexibility index (Phi) is 4.63. The predicted molar refractivity (Wildman–Crippen MR) is 65.1 cm³/mol. The van der Waals surface area contributed by atoms with Crippen LogP contribution in [-0.4, -0.2) is 42.3 Å². The Labute approximate surface area is 105 Å². The SMILES string of the molecule is OCC[C@H]1CNCCN1Cc1ccc(F)c(F)c1. The highest BCUT2D eigenvalue weighted by molar-refractivity contribution is 5.17. The van der Waals surface area contributed by atoms with Crippen molar-refractivity contribution < 1.29 is 13.9 Å². The third kappa shape index (κ3) is 3.25. The van der Waals surface area contributed by atoms with Gasteiger partial charge in [0.2, 0.25) is 0 Å². The molecule has 18 heavy (non-hydrogen) atoms. The number of hydrogen-bond donors (Lipinski definition) is 2. The van der Waals surface area contributed by atoms with Crippen LogP contribution < -0.4 is 5.32 Å². The molecule has 3 nitrogen and oxygen atoms in total. The Balaban J connectivity index is 2.03. The molecule has 0 bridgehead atoms. The van der Waals surface area contributed by atoms with Crippen LogP contribution in [0.5, 0.6) is 0 Å². The van der Waals surface area contributed by atoms with Crippen molar-refractivity contribution in [1.29, 1.82) is 0 Å². The fourth-order valence-corrected chi connectivity index (χ4v) is 2.32. The molecule has 1 atom stereocenters. The summed E-state index contributed by atoms with van der Waals surface area (Å²) in [4.78, 5) is 2.19. The lowest BCUT2D eigenvalue weighted by Crippen LogP contribution is -2.51. The van der Waals surface area contributed by atoms with Gasteiger partial charge in [0, 0.05) is 38.8 Å². The van der Waals surface area contributed by atoms with Gasteiger partial charge in [-0.25, -0.2) is 8.78 Å². The van der Waals surface area contributed by atoms with Gasteiger partial charge in [0.25, 0.3) is 0 Å². The second kappa shape index (κ2) is 6.22. The number of aliphatic hydroxyl groups excluding tert-OH is 1. The summed E-state index contributed by atoms with van der Waals surface area (Å²) in [6.45, 7) is 3.28. The number of hydrogen-bond acceptors (Lipinski definition) is 3. The van der Waals surface area contributed by atoms with Crippen LogP contribution in [0, 0.1) is 11.6 Å². The van der Waals surface area contributed by atoms with Crippen molar-refractivity contribution in [3.63, 3.8) is 0 Å². The molecule has 2 rings (SSSR count). The third-order valence-corrected chi connectivity index (χ3v) is 3.30. The molecule has 0 spiro atoms. The first-order valence-electron chi connectivity index (χ1n) is 6.20. The highest BCUT2D eigenvalue weighted by Gasteiger charge is 2.21. The normalized spacial score (nSPS) is 21.2. The first kappa shape index (κ1) is 13.4. The molecule has 100 valence electrons. The molecule has 0 aromatic heterocycles. The Morgan fingerprint density at radius 3 is 2.89 bits per heavy atom. The Bertz CT molecular complexity index is 399. The molecule has 0 aliphatic carbocycles. The van der Waals surface area contributed by atoms with Gasteiger partial charge in [0.05, 0.1) is 0 Å². The minimum absolute atomic E-state index is 0.140. The predicted octanol–water partition coefficient (Wildman–Crippen LogP) is 1.12. The van der Waals surface area contributed by atoms with Crippen LogP contribution >= 0.6 is 0 Å². The van der Waals surface area contributed by atoms with Crippen LogP contribution in [0.1, 0.15) is 12.0 Å². The van der Waals surface area contributed by atoms with Gasteiger partial charge in [-0.3, -0.25) is 4.90 Å². The van der Waals surface area contributed by atoms with Crippen LogP contribution in [0.4, 0.5) is 8.78 Å². The minimum Gasteiger partial charge on any atom is -0.396 e. The zero-order valence-electron chi connectivity index (χ0n) is 10.2. The maximum Gasteiger partial charge on any atom is 0.159 e. The summed E-state index contributed by atoms with van der Waals surface area (Å²) in [5, 5.41) is 12.3. The molecule has 0 unspecified atom stereocenters. The maximum atomic E-state index is 13.1. The number of rotatable bonds is 4. The van der Waals surface area contributed by atoms with Gasteiger partial charge in [0.1, 0.15) is 0 Å². The van der Waals surface area contributed by atoms with E-state index >= 15 is 0 Å². The molecular weight excluding hydrogens is 238 g/mol. The molecule has 0 radical (unpaired) electrons. The van der Waals surface area contributed by atoms with E-state index in [-0.39, 0.29) is 12.6 Å². The van der Waals surface area contributed by atoms with Crippen molar-refractivity contribution in [2.24, 2.45) is 0 Å². The Morgan fingerprint density at radius 1 is 1.33 bits per heavy atom. The van der Waals surface area contributed by atoms with Gasteiger partial charge in [-0.15, -0.1) is 0 Å². The van der Waals surface area contributed by atoms with E-state index in [1.165, 1.54) is 6.07 Å². The quantitative estimate of drug-likeness (QED) is 0.847. The maximum absolute atomic E-state index is 13.1. The fourth-order valence-electron chi connectivity index (χ4n) is 2.32. The first-order valence-corrected chi connectivity index (χ1v) is 6.20. The van der Waals surface area contributed by atoms with Crippen molar-refractivity contribution in [2.75, 3.05) is 26.2 Å². The topological polar surface area (TPSA) is 35.5 Å². The molecule has 1 aromatic carbocycles. The average molecular weight is 256 g/mol. The summed E-state index contributed by atoms with van der Waals surface area (Å²) < 4.78 is 26.0. The van der Waals surface area contributed by atoms with Gasteiger partial charge in [0.15, 0.2) is 11.6 Å². The van der Waals surface area contributed by atoms with E-state index in [1.54, 1.807) is 6.07 Å². The summed E-state index contributed by atoms with van der Waals surface area (Å²) in [5.74, 6) is -1.62. The zero-order chi connectivity index (χ0) is 13.0. The van der Waals surface area contributed by atoms with Crippen molar-refractivity contribution in [2.45, 2.75) is 19.0 Å². The van der Waals surface area contributed by atoms with Gasteiger partial charge in [-0.2, -0.15) is 0 Å². The summed E-state index contributed by atoms with van der Waals surface area (Å²) in [6, 6.07) is 4.26. The zero-order valence-corrected chi connectivity index (χ0v) is 10.2. The smallest absolute Gasteiger partial charge is 0.159 e. The Hall–Kier alpha value is -1.04. The van der Waals surface area contributed by atoms with Gasteiger partial charge in [-0.1, -0.05) is 6.07 Å². The second-order valence-electron chi connectivity index (χ2n) is 4.59. The molecule has 1 aliphatic heterocycles. The number of nitrogens with one attached hydrogen (secondary N) is 1. The van der Waals surface area contributed by atoms with Crippen molar-refractivity contribution in [3.8, 4) is 0 Å². The van der Waals surface area contributed by atoms with Crippen LogP contribution in [0.3, 0.4) is 0 Å². The van der Waals surface area contributed by atoms with Gasteiger partial charge < -0.3 is 10.4 Å². The monoisotopic (exact) mass is 256 g/mol. The molecule has 1 fully saturated rings. The van der Waals surface area contributed by atoms with E-state index in [1.807, 2.05) is 0 Å². The summed E-state index contributed by atoms with van der Waals surface area (Å²) in [7, 11) is 0. The molecule has 0 amide bonds. The molecule has 1 aromatic rings. The summed E-state index contributed by atoms with van der Waals surface area (Å²) >= 11 is 0. The highest BCUT2D eigenvalue weighted by atomic mass is 19.2. The van der Waals surface area contributed by atoms with E-state index in [0.717, 1.165) is 31.3 Å². The molecule has 0 saturated carbocycles. The van der Waals surface area contributed by atoms with Crippen LogP contribution in [0.15, 0.2) is 18.2 Å². The minimum atomic E-state index is -0.814. The number of benzene rings is 1. The van der Waals surface area contributed by atoms with Crippen LogP contribution in [0.2, 0.25) is 0 Å². The molecule has 1 heterocycles. The molecule has 5 heteroatoms. The number of piperazine rings is 1. The van der Waals surface area contributed by atoms with Crippen molar-refractivity contribution in [3.05, 3.63) is 35.4 Å². The van der Waals surface area contributed by atoms with E-state index in [0.29, 0.717) is 13.0 Å². The fraction of sp³-hybridized carbons (Fsp3) is 0.538. The Morgan fingerprint density at radius 2 is 2.17 bits per heavy atom. The molecular formula is C13H18F2N2O.